The zero-order chi connectivity index (χ0) is 13.8. The van der Waals surface area contributed by atoms with Crippen LogP contribution in [0.3, 0.4) is 0 Å². The average Bonchev–Trinajstić information content (AvgIpc) is 2.58. The van der Waals surface area contributed by atoms with Gasteiger partial charge in [0.05, 0.1) is 6.61 Å². The molecule has 0 bridgehead atoms. The van der Waals surface area contributed by atoms with Crippen molar-refractivity contribution in [3.05, 3.63) is 34.4 Å². The van der Waals surface area contributed by atoms with Gasteiger partial charge in [-0.25, -0.2) is 0 Å². The van der Waals surface area contributed by atoms with E-state index in [2.05, 4.69) is 37.8 Å². The number of aryl methyl sites for hydroxylation is 3. The molecule has 0 spiro atoms. The van der Waals surface area contributed by atoms with Crippen LogP contribution in [0, 0.1) is 20.8 Å². The number of likely N-dealkylation sites (tertiary alicyclic amines) is 1. The minimum atomic E-state index is 0.296. The molecule has 0 saturated carbocycles. The van der Waals surface area contributed by atoms with Gasteiger partial charge in [0.15, 0.2) is 0 Å². The number of aliphatic hydroxyl groups excluding tert-OH is 1. The predicted molar refractivity (Wildman–Crippen MR) is 80.4 cm³/mol. The van der Waals surface area contributed by atoms with Gasteiger partial charge in [-0.2, -0.15) is 0 Å². The molecule has 19 heavy (non-hydrogen) atoms. The van der Waals surface area contributed by atoms with Crippen molar-refractivity contribution in [3.63, 3.8) is 0 Å². The number of nitrogens with zero attached hydrogens (tertiary/aromatic N) is 1. The molecule has 2 heteroatoms. The Morgan fingerprint density at radius 2 is 1.79 bits per heavy atom. The third-order valence-corrected chi connectivity index (χ3v) is 4.41. The third-order valence-electron chi connectivity index (χ3n) is 4.41. The Morgan fingerprint density at radius 3 is 2.42 bits per heavy atom. The van der Waals surface area contributed by atoms with Crippen molar-refractivity contribution in [2.24, 2.45) is 0 Å². The van der Waals surface area contributed by atoms with Crippen LogP contribution in [0.15, 0.2) is 12.1 Å². The van der Waals surface area contributed by atoms with Crippen molar-refractivity contribution in [2.75, 3.05) is 13.2 Å². The number of hydrogen-bond acceptors (Lipinski definition) is 2. The first-order valence-electron chi connectivity index (χ1n) is 7.53. The Morgan fingerprint density at radius 1 is 1.11 bits per heavy atom. The molecule has 0 radical (unpaired) electrons. The first-order valence-corrected chi connectivity index (χ1v) is 7.53. The second kappa shape index (κ2) is 6.53. The van der Waals surface area contributed by atoms with Gasteiger partial charge in [-0.3, -0.25) is 4.90 Å². The summed E-state index contributed by atoms with van der Waals surface area (Å²) in [6.45, 7) is 8.99. The van der Waals surface area contributed by atoms with E-state index in [4.69, 9.17) is 0 Å². The third kappa shape index (κ3) is 3.58. The highest BCUT2D eigenvalue weighted by Gasteiger charge is 2.21. The number of rotatable bonds is 3. The summed E-state index contributed by atoms with van der Waals surface area (Å²) in [6, 6.07) is 4.89. The molecule has 1 unspecified atom stereocenters. The Hall–Kier alpha value is -0.860. The lowest BCUT2D eigenvalue weighted by atomic mass is 9.98. The van der Waals surface area contributed by atoms with Gasteiger partial charge in [0.2, 0.25) is 0 Å². The Balaban J connectivity index is 2.19. The summed E-state index contributed by atoms with van der Waals surface area (Å²) in [7, 11) is 0. The highest BCUT2D eigenvalue weighted by Crippen LogP contribution is 2.23. The molecular weight excluding hydrogens is 234 g/mol. The van der Waals surface area contributed by atoms with Gasteiger partial charge in [0.1, 0.15) is 0 Å². The van der Waals surface area contributed by atoms with Crippen molar-refractivity contribution in [1.82, 2.24) is 4.90 Å². The Labute approximate surface area is 117 Å². The second-order valence-corrected chi connectivity index (χ2v) is 6.03. The summed E-state index contributed by atoms with van der Waals surface area (Å²) in [4.78, 5) is 2.48. The first-order chi connectivity index (χ1) is 9.11. The minimum absolute atomic E-state index is 0.296. The fourth-order valence-corrected chi connectivity index (χ4v) is 3.31. The minimum Gasteiger partial charge on any atom is -0.395 e. The highest BCUT2D eigenvalue weighted by molar-refractivity contribution is 5.37. The number of benzene rings is 1. The van der Waals surface area contributed by atoms with Crippen LogP contribution in [-0.2, 0) is 6.54 Å². The molecule has 1 aliphatic rings. The lowest BCUT2D eigenvalue weighted by molar-refractivity contribution is 0.118. The van der Waals surface area contributed by atoms with E-state index in [0.717, 1.165) is 19.5 Å². The zero-order valence-corrected chi connectivity index (χ0v) is 12.6. The number of aliphatic hydroxyl groups is 1. The largest absolute Gasteiger partial charge is 0.395 e. The average molecular weight is 261 g/mol. The molecule has 1 atom stereocenters. The fraction of sp³-hybridized carbons (Fsp3) is 0.647. The van der Waals surface area contributed by atoms with E-state index in [-0.39, 0.29) is 0 Å². The summed E-state index contributed by atoms with van der Waals surface area (Å²) in [5.41, 5.74) is 5.57. The standard InChI is InChI=1S/C17H27NO/c1-13-9-14(2)17(15(3)10-13)11-18-8-6-4-5-7-16(18)12-19/h9-10,16,19H,4-8,11-12H2,1-3H3. The summed E-state index contributed by atoms with van der Waals surface area (Å²) < 4.78 is 0. The smallest absolute Gasteiger partial charge is 0.0586 e. The molecule has 1 heterocycles. The lowest BCUT2D eigenvalue weighted by Crippen LogP contribution is -2.37. The second-order valence-electron chi connectivity index (χ2n) is 6.03. The van der Waals surface area contributed by atoms with Crippen LogP contribution < -0.4 is 0 Å². The molecule has 0 aliphatic carbocycles. The molecule has 1 aliphatic heterocycles. The topological polar surface area (TPSA) is 23.5 Å². The monoisotopic (exact) mass is 261 g/mol. The van der Waals surface area contributed by atoms with Crippen LogP contribution in [0.1, 0.15) is 47.9 Å². The quantitative estimate of drug-likeness (QED) is 0.902. The first kappa shape index (κ1) is 14.5. The van der Waals surface area contributed by atoms with Crippen molar-refractivity contribution in [3.8, 4) is 0 Å². The number of hydrogen-bond donors (Lipinski definition) is 1. The van der Waals surface area contributed by atoms with E-state index in [1.54, 1.807) is 0 Å². The van der Waals surface area contributed by atoms with E-state index in [9.17, 15) is 5.11 Å². The summed E-state index contributed by atoms with van der Waals surface area (Å²) in [5, 5.41) is 9.61. The fourth-order valence-electron chi connectivity index (χ4n) is 3.31. The molecular formula is C17H27NO. The van der Waals surface area contributed by atoms with E-state index in [1.807, 2.05) is 0 Å². The summed E-state index contributed by atoms with van der Waals surface area (Å²) >= 11 is 0. The van der Waals surface area contributed by atoms with Crippen LogP contribution in [-0.4, -0.2) is 29.2 Å². The van der Waals surface area contributed by atoms with Crippen LogP contribution in [0.2, 0.25) is 0 Å². The maximum absolute atomic E-state index is 9.61. The van der Waals surface area contributed by atoms with Gasteiger partial charge in [0.25, 0.3) is 0 Å². The van der Waals surface area contributed by atoms with Gasteiger partial charge < -0.3 is 5.11 Å². The predicted octanol–water partition coefficient (Wildman–Crippen LogP) is 3.35. The van der Waals surface area contributed by atoms with Crippen molar-refractivity contribution >= 4 is 0 Å². The maximum Gasteiger partial charge on any atom is 0.0586 e. The van der Waals surface area contributed by atoms with Gasteiger partial charge >= 0.3 is 0 Å². The van der Waals surface area contributed by atoms with Crippen LogP contribution >= 0.6 is 0 Å². The SMILES string of the molecule is Cc1cc(C)c(CN2CCCCCC2CO)c(C)c1. The highest BCUT2D eigenvalue weighted by atomic mass is 16.3. The van der Waals surface area contributed by atoms with Crippen molar-refractivity contribution < 1.29 is 5.11 Å². The van der Waals surface area contributed by atoms with Crippen molar-refractivity contribution in [2.45, 2.75) is 59.0 Å². The maximum atomic E-state index is 9.61. The molecule has 1 saturated heterocycles. The van der Waals surface area contributed by atoms with Crippen LogP contribution in [0.4, 0.5) is 0 Å². The molecule has 2 rings (SSSR count). The summed E-state index contributed by atoms with van der Waals surface area (Å²) in [5.74, 6) is 0. The van der Waals surface area contributed by atoms with Crippen molar-refractivity contribution in [1.29, 1.82) is 0 Å². The molecule has 106 valence electrons. The molecule has 0 amide bonds. The van der Waals surface area contributed by atoms with Crippen LogP contribution in [0.25, 0.3) is 0 Å². The molecule has 2 nitrogen and oxygen atoms in total. The Kier molecular flexibility index (Phi) is 5.00. The van der Waals surface area contributed by atoms with E-state index in [1.165, 1.54) is 41.5 Å². The van der Waals surface area contributed by atoms with Gasteiger partial charge in [-0.05, 0) is 56.8 Å². The molecule has 0 aromatic heterocycles. The van der Waals surface area contributed by atoms with E-state index < -0.39 is 0 Å². The zero-order valence-electron chi connectivity index (χ0n) is 12.6. The van der Waals surface area contributed by atoms with Gasteiger partial charge in [-0.15, -0.1) is 0 Å². The van der Waals surface area contributed by atoms with Gasteiger partial charge in [-0.1, -0.05) is 30.5 Å². The van der Waals surface area contributed by atoms with E-state index >= 15 is 0 Å². The molecule has 1 aromatic rings. The molecule has 1 N–H and O–H groups in total. The van der Waals surface area contributed by atoms with Crippen LogP contribution in [0.5, 0.6) is 0 Å². The lowest BCUT2D eigenvalue weighted by Gasteiger charge is -2.29. The molecule has 1 aromatic carbocycles. The van der Waals surface area contributed by atoms with Gasteiger partial charge in [0, 0.05) is 12.6 Å². The molecule has 1 fully saturated rings. The Bertz CT molecular complexity index is 404. The normalized spacial score (nSPS) is 21.4. The van der Waals surface area contributed by atoms with E-state index in [0.29, 0.717) is 12.6 Å². The summed E-state index contributed by atoms with van der Waals surface area (Å²) in [6.07, 6.45) is 4.97.